The van der Waals surface area contributed by atoms with Gasteiger partial charge >= 0.3 is 5.69 Å². The van der Waals surface area contributed by atoms with E-state index in [-0.39, 0.29) is 5.56 Å². The van der Waals surface area contributed by atoms with E-state index in [2.05, 4.69) is 16.3 Å². The van der Waals surface area contributed by atoms with Crippen LogP contribution in [0.3, 0.4) is 0 Å². The molecule has 6 nitrogen and oxygen atoms in total. The second kappa shape index (κ2) is 5.39. The van der Waals surface area contributed by atoms with E-state index in [1.807, 2.05) is 4.98 Å². The van der Waals surface area contributed by atoms with Gasteiger partial charge in [-0.15, -0.1) is 0 Å². The molecule has 0 amide bonds. The Kier molecular flexibility index (Phi) is 4.70. The first kappa shape index (κ1) is 9.60. The van der Waals surface area contributed by atoms with E-state index in [9.17, 15) is 9.59 Å². The van der Waals surface area contributed by atoms with E-state index < -0.39 is 5.69 Å². The number of hydrogen-bond acceptors (Lipinski definition) is 4. The van der Waals surface area contributed by atoms with Crippen LogP contribution in [0.5, 0.6) is 0 Å². The third-order valence-electron chi connectivity index (χ3n) is 0.686. The molecule has 0 saturated heterocycles. The summed E-state index contributed by atoms with van der Waals surface area (Å²) in [4.78, 5) is 24.7. The highest BCUT2D eigenvalue weighted by atomic mass is 16.2. The molecule has 1 aromatic rings. The summed E-state index contributed by atoms with van der Waals surface area (Å²) in [6, 6.07) is 1.24. The number of aromatic amines is 2. The first-order valence-electron chi connectivity index (χ1n) is 2.86. The summed E-state index contributed by atoms with van der Waals surface area (Å²) in [5, 5.41) is 0. The van der Waals surface area contributed by atoms with Crippen LogP contribution in [-0.4, -0.2) is 17.0 Å². The second-order valence-electron chi connectivity index (χ2n) is 1.58. The molecular weight excluding hydrogens is 148 g/mol. The molecule has 1 heterocycles. The standard InChI is InChI=1S/C4H4N2O2.CH6N2/c7-3-1-2-5-4(8)6-3;1-3-2/h1-2H,(H2,5,6,7,8);3H,2H2,1H3. The monoisotopic (exact) mass is 158 g/mol. The van der Waals surface area contributed by atoms with Crippen molar-refractivity contribution in [3.63, 3.8) is 0 Å². The summed E-state index contributed by atoms with van der Waals surface area (Å²) in [7, 11) is 1.65. The van der Waals surface area contributed by atoms with Gasteiger partial charge in [-0.3, -0.25) is 21.0 Å². The maximum atomic E-state index is 10.2. The van der Waals surface area contributed by atoms with Crippen LogP contribution >= 0.6 is 0 Å². The number of H-pyrrole nitrogens is 2. The maximum Gasteiger partial charge on any atom is 0.325 e. The van der Waals surface area contributed by atoms with Crippen molar-refractivity contribution in [3.8, 4) is 0 Å². The van der Waals surface area contributed by atoms with E-state index in [1.54, 1.807) is 7.05 Å². The molecule has 0 unspecified atom stereocenters. The Morgan fingerprint density at radius 2 is 2.09 bits per heavy atom. The van der Waals surface area contributed by atoms with Crippen molar-refractivity contribution in [2.24, 2.45) is 5.84 Å². The van der Waals surface area contributed by atoms with E-state index in [4.69, 9.17) is 0 Å². The summed E-state index contributed by atoms with van der Waals surface area (Å²) >= 11 is 0. The van der Waals surface area contributed by atoms with Gasteiger partial charge in [-0.2, -0.15) is 0 Å². The van der Waals surface area contributed by atoms with E-state index in [1.165, 1.54) is 12.3 Å². The molecule has 0 aromatic carbocycles. The molecule has 0 aliphatic heterocycles. The lowest BCUT2D eigenvalue weighted by molar-refractivity contribution is 0.900. The van der Waals surface area contributed by atoms with Crippen LogP contribution in [0, 0.1) is 0 Å². The SMILES string of the molecule is CNN.O=c1cc[nH]c(=O)[nH]1. The summed E-state index contributed by atoms with van der Waals surface area (Å²) in [6.45, 7) is 0. The Labute approximate surface area is 62.4 Å². The molecule has 11 heavy (non-hydrogen) atoms. The predicted molar refractivity (Wildman–Crippen MR) is 40.9 cm³/mol. The molecule has 0 aliphatic carbocycles. The van der Waals surface area contributed by atoms with Crippen LogP contribution in [0.25, 0.3) is 0 Å². The van der Waals surface area contributed by atoms with Gasteiger partial charge in [0.05, 0.1) is 0 Å². The number of hydrazine groups is 1. The first-order chi connectivity index (χ1) is 5.20. The van der Waals surface area contributed by atoms with Crippen molar-refractivity contribution < 1.29 is 0 Å². The molecule has 1 rings (SSSR count). The molecular formula is C5H10N4O2. The molecule has 0 aliphatic rings. The predicted octanol–water partition coefficient (Wildman–Crippen LogP) is -1.86. The van der Waals surface area contributed by atoms with Gasteiger partial charge < -0.3 is 4.98 Å². The molecule has 6 heteroatoms. The van der Waals surface area contributed by atoms with Crippen LogP contribution in [0.1, 0.15) is 0 Å². The number of hydrogen-bond donors (Lipinski definition) is 4. The lowest BCUT2D eigenvalue weighted by Gasteiger charge is -1.75. The third kappa shape index (κ3) is 5.07. The fourth-order valence-electron chi connectivity index (χ4n) is 0.383. The highest BCUT2D eigenvalue weighted by molar-refractivity contribution is 4.77. The minimum Gasteiger partial charge on any atom is -0.314 e. The van der Waals surface area contributed by atoms with Gasteiger partial charge in [-0.05, 0) is 7.05 Å². The molecule has 0 bridgehead atoms. The average Bonchev–Trinajstić information content (AvgIpc) is 1.88. The first-order valence-corrected chi connectivity index (χ1v) is 2.86. The second-order valence-corrected chi connectivity index (χ2v) is 1.58. The summed E-state index contributed by atoms with van der Waals surface area (Å²) in [6.07, 6.45) is 1.29. The Balaban J connectivity index is 0.000000292. The number of nitrogens with one attached hydrogen (secondary N) is 3. The Hall–Kier alpha value is -1.40. The zero-order valence-electron chi connectivity index (χ0n) is 6.05. The molecule has 0 saturated carbocycles. The topological polar surface area (TPSA) is 104 Å². The summed E-state index contributed by atoms with van der Waals surface area (Å²) in [5.74, 6) is 4.60. The molecule has 0 atom stereocenters. The van der Waals surface area contributed by atoms with Crippen molar-refractivity contribution >= 4 is 0 Å². The quantitative estimate of drug-likeness (QED) is 0.262. The van der Waals surface area contributed by atoms with Crippen LogP contribution in [0.15, 0.2) is 21.9 Å². The van der Waals surface area contributed by atoms with E-state index in [0.29, 0.717) is 0 Å². The van der Waals surface area contributed by atoms with Crippen molar-refractivity contribution in [1.29, 1.82) is 0 Å². The average molecular weight is 158 g/mol. The van der Waals surface area contributed by atoms with Crippen molar-refractivity contribution in [2.75, 3.05) is 7.05 Å². The van der Waals surface area contributed by atoms with Crippen LogP contribution in [0.4, 0.5) is 0 Å². The molecule has 0 spiro atoms. The van der Waals surface area contributed by atoms with Crippen molar-refractivity contribution in [3.05, 3.63) is 33.1 Å². The van der Waals surface area contributed by atoms with Crippen LogP contribution < -0.4 is 22.5 Å². The van der Waals surface area contributed by atoms with Crippen molar-refractivity contribution in [1.82, 2.24) is 15.4 Å². The fourth-order valence-corrected chi connectivity index (χ4v) is 0.383. The van der Waals surface area contributed by atoms with Gasteiger partial charge in [0.2, 0.25) is 0 Å². The molecule has 5 N–H and O–H groups in total. The van der Waals surface area contributed by atoms with Gasteiger partial charge in [0.1, 0.15) is 0 Å². The van der Waals surface area contributed by atoms with E-state index >= 15 is 0 Å². The van der Waals surface area contributed by atoms with Gasteiger partial charge in [-0.1, -0.05) is 0 Å². The highest BCUT2D eigenvalue weighted by Gasteiger charge is 1.77. The summed E-state index contributed by atoms with van der Waals surface area (Å²) in [5.41, 5.74) is 1.39. The zero-order chi connectivity index (χ0) is 8.69. The number of nitrogens with two attached hydrogens (primary N) is 1. The minimum absolute atomic E-state index is 0.381. The fraction of sp³-hybridized carbons (Fsp3) is 0.200. The van der Waals surface area contributed by atoms with E-state index in [0.717, 1.165) is 0 Å². The lowest BCUT2D eigenvalue weighted by atomic mass is 10.7. The third-order valence-corrected chi connectivity index (χ3v) is 0.686. The smallest absolute Gasteiger partial charge is 0.314 e. The van der Waals surface area contributed by atoms with Gasteiger partial charge in [0, 0.05) is 12.3 Å². The molecule has 0 radical (unpaired) electrons. The Morgan fingerprint density at radius 1 is 1.55 bits per heavy atom. The normalized spacial score (nSPS) is 8.18. The number of rotatable bonds is 0. The zero-order valence-corrected chi connectivity index (χ0v) is 6.05. The highest BCUT2D eigenvalue weighted by Crippen LogP contribution is 1.51. The van der Waals surface area contributed by atoms with Crippen molar-refractivity contribution in [2.45, 2.75) is 0 Å². The summed E-state index contributed by atoms with van der Waals surface area (Å²) < 4.78 is 0. The van der Waals surface area contributed by atoms with Crippen LogP contribution in [-0.2, 0) is 0 Å². The molecule has 62 valence electrons. The minimum atomic E-state index is -0.475. The maximum absolute atomic E-state index is 10.2. The van der Waals surface area contributed by atoms with Gasteiger partial charge in [0.15, 0.2) is 0 Å². The Morgan fingerprint density at radius 3 is 2.36 bits per heavy atom. The van der Waals surface area contributed by atoms with Gasteiger partial charge in [0.25, 0.3) is 5.56 Å². The molecule has 0 fully saturated rings. The Bertz CT molecular complexity index is 264. The number of aromatic nitrogens is 2. The molecule has 1 aromatic heterocycles. The van der Waals surface area contributed by atoms with Gasteiger partial charge in [-0.25, -0.2) is 4.79 Å². The largest absolute Gasteiger partial charge is 0.325 e. The van der Waals surface area contributed by atoms with Crippen LogP contribution in [0.2, 0.25) is 0 Å². The lowest BCUT2D eigenvalue weighted by Crippen LogP contribution is -2.19.